The van der Waals surface area contributed by atoms with E-state index in [0.717, 1.165) is 35.9 Å². The molecule has 2 heterocycles. The van der Waals surface area contributed by atoms with Crippen LogP contribution in [0.25, 0.3) is 0 Å². The predicted molar refractivity (Wildman–Crippen MR) is 113 cm³/mol. The van der Waals surface area contributed by atoms with Crippen molar-refractivity contribution < 1.29 is 14.3 Å². The molecule has 0 radical (unpaired) electrons. The Balaban J connectivity index is 1.80. The van der Waals surface area contributed by atoms with Gasteiger partial charge in [-0.2, -0.15) is 4.37 Å². The molecule has 1 aliphatic heterocycles. The topological polar surface area (TPSA) is 64.0 Å². The van der Waals surface area contributed by atoms with Crippen LogP contribution in [-0.4, -0.2) is 41.3 Å². The van der Waals surface area contributed by atoms with Gasteiger partial charge in [-0.15, -0.1) is 0 Å². The second-order valence-electron chi connectivity index (χ2n) is 6.66. The fourth-order valence-electron chi connectivity index (χ4n) is 2.99. The molecular weight excluding hydrogens is 398 g/mol. The number of piperidine rings is 1. The van der Waals surface area contributed by atoms with Crippen molar-refractivity contribution in [3.05, 3.63) is 34.0 Å². The van der Waals surface area contributed by atoms with Gasteiger partial charge in [0.15, 0.2) is 0 Å². The summed E-state index contributed by atoms with van der Waals surface area (Å²) in [6.07, 6.45) is 5.58. The highest BCUT2D eigenvalue weighted by atomic mass is 35.5. The summed E-state index contributed by atoms with van der Waals surface area (Å²) < 4.78 is 15.2. The van der Waals surface area contributed by atoms with Gasteiger partial charge in [0.05, 0.1) is 29.3 Å². The molecule has 28 heavy (non-hydrogen) atoms. The summed E-state index contributed by atoms with van der Waals surface area (Å²) in [4.78, 5) is 19.0. The summed E-state index contributed by atoms with van der Waals surface area (Å²) in [5.74, 6) is 0.0182. The van der Waals surface area contributed by atoms with E-state index in [0.29, 0.717) is 27.1 Å². The van der Waals surface area contributed by atoms with Crippen molar-refractivity contribution in [1.29, 1.82) is 0 Å². The van der Waals surface area contributed by atoms with Gasteiger partial charge in [-0.3, -0.25) is 0 Å². The lowest BCUT2D eigenvalue weighted by atomic mass is 10.1. The Labute approximate surface area is 174 Å². The molecule has 0 saturated carbocycles. The van der Waals surface area contributed by atoms with Gasteiger partial charge >= 0.3 is 5.97 Å². The third kappa shape index (κ3) is 4.83. The first-order valence-electron chi connectivity index (χ1n) is 9.39. The van der Waals surface area contributed by atoms with Crippen LogP contribution in [0.4, 0.5) is 5.69 Å². The van der Waals surface area contributed by atoms with Gasteiger partial charge in [-0.25, -0.2) is 9.79 Å². The average molecular weight is 422 g/mol. The Morgan fingerprint density at radius 1 is 1.32 bits per heavy atom. The molecule has 1 aromatic heterocycles. The third-order valence-corrected chi connectivity index (χ3v) is 5.63. The molecule has 0 spiro atoms. The number of carbonyl (C=O) groups is 1. The lowest BCUT2D eigenvalue weighted by Gasteiger charge is -2.23. The fourth-order valence-corrected chi connectivity index (χ4v) is 3.95. The van der Waals surface area contributed by atoms with Crippen molar-refractivity contribution in [3.8, 4) is 10.8 Å². The summed E-state index contributed by atoms with van der Waals surface area (Å²) in [5.41, 5.74) is 2.66. The summed E-state index contributed by atoms with van der Waals surface area (Å²) >= 11 is 7.53. The minimum Gasteiger partial charge on any atom is -0.462 e. The Morgan fingerprint density at radius 2 is 2.07 bits per heavy atom. The molecular formula is C20H24ClN3O3S. The number of hydrogen-bond acceptors (Lipinski definition) is 6. The van der Waals surface area contributed by atoms with Crippen LogP contribution in [-0.2, 0) is 4.74 Å². The Hall–Kier alpha value is -2.12. The van der Waals surface area contributed by atoms with Crippen molar-refractivity contribution >= 4 is 41.1 Å². The average Bonchev–Trinajstić information content (AvgIpc) is 3.04. The van der Waals surface area contributed by atoms with E-state index in [2.05, 4.69) is 14.3 Å². The highest BCUT2D eigenvalue weighted by molar-refractivity contribution is 7.08. The normalized spacial score (nSPS) is 14.5. The number of aliphatic imine (C=N–C) groups is 1. The van der Waals surface area contributed by atoms with Crippen LogP contribution in [0.15, 0.2) is 17.1 Å². The third-order valence-electron chi connectivity index (χ3n) is 4.51. The smallest absolute Gasteiger partial charge is 0.344 e. The number of ether oxygens (including phenoxy) is 2. The molecule has 0 atom stereocenters. The predicted octanol–water partition coefficient (Wildman–Crippen LogP) is 5.53. The molecule has 1 aromatic carbocycles. The fraction of sp³-hybridized carbons (Fsp3) is 0.450. The molecule has 1 aliphatic rings. The first-order valence-corrected chi connectivity index (χ1v) is 10.5. The molecule has 3 rings (SSSR count). The summed E-state index contributed by atoms with van der Waals surface area (Å²) in [6.45, 7) is 7.84. The number of nitrogens with zero attached hydrogens (tertiary/aromatic N) is 3. The monoisotopic (exact) mass is 421 g/mol. The van der Waals surface area contributed by atoms with Gasteiger partial charge in [0, 0.05) is 24.6 Å². The van der Waals surface area contributed by atoms with Gasteiger partial charge in [0.25, 0.3) is 0 Å². The lowest BCUT2D eigenvalue weighted by molar-refractivity contribution is 0.0523. The second kappa shape index (κ2) is 9.39. The number of benzene rings is 1. The molecule has 1 fully saturated rings. The van der Waals surface area contributed by atoms with Crippen molar-refractivity contribution in [2.75, 3.05) is 19.7 Å². The molecule has 6 nitrogen and oxygen atoms in total. The summed E-state index contributed by atoms with van der Waals surface area (Å²) in [6, 6.07) is 3.61. The minimum absolute atomic E-state index is 0.289. The molecule has 1 saturated heterocycles. The zero-order valence-corrected chi connectivity index (χ0v) is 17.9. The van der Waals surface area contributed by atoms with Crippen molar-refractivity contribution in [2.24, 2.45) is 4.99 Å². The maximum atomic E-state index is 12.2. The highest BCUT2D eigenvalue weighted by Gasteiger charge is 2.22. The summed E-state index contributed by atoms with van der Waals surface area (Å²) in [7, 11) is 0. The van der Waals surface area contributed by atoms with E-state index < -0.39 is 5.97 Å². The second-order valence-corrected chi connectivity index (χ2v) is 7.81. The maximum absolute atomic E-state index is 12.2. The number of likely N-dealkylation sites (tertiary alicyclic amines) is 1. The number of hydrogen-bond donors (Lipinski definition) is 0. The van der Waals surface area contributed by atoms with E-state index >= 15 is 0 Å². The quantitative estimate of drug-likeness (QED) is 0.348. The van der Waals surface area contributed by atoms with Crippen LogP contribution >= 0.6 is 23.1 Å². The molecule has 0 unspecified atom stereocenters. The maximum Gasteiger partial charge on any atom is 0.344 e. The van der Waals surface area contributed by atoms with Crippen LogP contribution in [0.5, 0.6) is 10.8 Å². The van der Waals surface area contributed by atoms with E-state index in [4.69, 9.17) is 21.1 Å². The van der Waals surface area contributed by atoms with E-state index in [9.17, 15) is 4.79 Å². The van der Waals surface area contributed by atoms with Crippen LogP contribution in [0.1, 0.15) is 47.8 Å². The van der Waals surface area contributed by atoms with Crippen LogP contribution in [0, 0.1) is 13.8 Å². The molecule has 0 amide bonds. The van der Waals surface area contributed by atoms with Crippen molar-refractivity contribution in [1.82, 2.24) is 9.27 Å². The van der Waals surface area contributed by atoms with Crippen LogP contribution < -0.4 is 4.74 Å². The number of aromatic nitrogens is 1. The van der Waals surface area contributed by atoms with Crippen molar-refractivity contribution in [2.45, 2.75) is 40.0 Å². The zero-order chi connectivity index (χ0) is 20.1. The molecule has 2 aromatic rings. The van der Waals surface area contributed by atoms with Crippen LogP contribution in [0.2, 0.25) is 5.02 Å². The largest absolute Gasteiger partial charge is 0.462 e. The molecule has 0 N–H and O–H groups in total. The van der Waals surface area contributed by atoms with Gasteiger partial charge in [0.1, 0.15) is 11.3 Å². The molecule has 0 bridgehead atoms. The molecule has 8 heteroatoms. The first-order chi connectivity index (χ1) is 13.5. The molecule has 0 aliphatic carbocycles. The number of rotatable bonds is 6. The van der Waals surface area contributed by atoms with E-state index in [1.165, 1.54) is 19.3 Å². The zero-order valence-electron chi connectivity index (χ0n) is 16.3. The Morgan fingerprint density at radius 3 is 2.79 bits per heavy atom. The summed E-state index contributed by atoms with van der Waals surface area (Å²) in [5, 5.41) is 0.805. The number of esters is 1. The Kier molecular flexibility index (Phi) is 6.91. The van der Waals surface area contributed by atoms with E-state index in [-0.39, 0.29) is 6.61 Å². The highest BCUT2D eigenvalue weighted by Crippen LogP contribution is 2.38. The van der Waals surface area contributed by atoms with Crippen LogP contribution in [0.3, 0.4) is 0 Å². The number of carbonyl (C=O) groups excluding carboxylic acids is 1. The number of aryl methyl sites for hydroxylation is 2. The Bertz CT molecular complexity index is 876. The van der Waals surface area contributed by atoms with E-state index in [1.54, 1.807) is 19.9 Å². The SMILES string of the molecule is CCOC(=O)c1c(C)nsc1Oc1cc(C)c(/N=C/N2CCCCC2)cc1Cl. The standard InChI is InChI=1S/C20H24ClN3O3S/c1-4-26-19(25)18-14(3)23-28-20(18)27-17-10-13(2)16(11-15(17)21)22-12-24-8-6-5-7-9-24/h10-12H,4-9H2,1-3H3/b22-12+. The van der Waals surface area contributed by atoms with Gasteiger partial charge < -0.3 is 14.4 Å². The lowest BCUT2D eigenvalue weighted by Crippen LogP contribution is -2.28. The minimum atomic E-state index is -0.445. The first kappa shape index (κ1) is 20.6. The number of halogens is 1. The van der Waals surface area contributed by atoms with Gasteiger partial charge in [-0.05, 0) is 57.7 Å². The van der Waals surface area contributed by atoms with E-state index in [1.807, 2.05) is 19.3 Å². The molecule has 150 valence electrons. The van der Waals surface area contributed by atoms with Gasteiger partial charge in [-0.1, -0.05) is 11.6 Å². The van der Waals surface area contributed by atoms with Crippen molar-refractivity contribution in [3.63, 3.8) is 0 Å². The van der Waals surface area contributed by atoms with Gasteiger partial charge in [0.2, 0.25) is 5.06 Å².